The summed E-state index contributed by atoms with van der Waals surface area (Å²) in [5.74, 6) is -1.19. The SMILES string of the molecule is CC(C)(S)[C@@H](N[O-])C(=O)O. The van der Waals surface area contributed by atoms with Gasteiger partial charge in [0.25, 0.3) is 0 Å². The Morgan fingerprint density at radius 2 is 2.20 bits per heavy atom. The summed E-state index contributed by atoms with van der Waals surface area (Å²) < 4.78 is -0.840. The van der Waals surface area contributed by atoms with Crippen LogP contribution in [0.15, 0.2) is 0 Å². The first-order valence-corrected chi connectivity index (χ1v) is 3.17. The van der Waals surface area contributed by atoms with E-state index < -0.39 is 16.8 Å². The monoisotopic (exact) mass is 164 g/mol. The first-order valence-electron chi connectivity index (χ1n) is 2.72. The Hall–Kier alpha value is -0.260. The standard InChI is InChI=1S/C5H10NO3S/c1-5(2,10)3(6-9)4(7)8/h3,6,10H,1-2H3,(H,7,8)/q-1/t3-/m0/s1. The van der Waals surface area contributed by atoms with E-state index in [1.807, 2.05) is 0 Å². The van der Waals surface area contributed by atoms with Gasteiger partial charge in [-0.25, -0.2) is 0 Å². The van der Waals surface area contributed by atoms with Gasteiger partial charge in [-0.2, -0.15) is 12.6 Å². The molecule has 10 heavy (non-hydrogen) atoms. The number of carboxylic acids is 1. The van der Waals surface area contributed by atoms with Crippen molar-refractivity contribution in [3.05, 3.63) is 5.21 Å². The summed E-state index contributed by atoms with van der Waals surface area (Å²) in [6.45, 7) is 3.11. The molecule has 0 spiro atoms. The lowest BCUT2D eigenvalue weighted by Gasteiger charge is -2.29. The van der Waals surface area contributed by atoms with E-state index in [1.54, 1.807) is 13.8 Å². The van der Waals surface area contributed by atoms with Crippen molar-refractivity contribution in [3.8, 4) is 0 Å². The normalized spacial score (nSPS) is 14.8. The van der Waals surface area contributed by atoms with Crippen LogP contribution in [0.1, 0.15) is 13.8 Å². The van der Waals surface area contributed by atoms with E-state index in [0.717, 1.165) is 0 Å². The molecule has 0 rings (SSSR count). The average Bonchev–Trinajstić information content (AvgIpc) is 1.60. The zero-order valence-corrected chi connectivity index (χ0v) is 6.68. The number of thiol groups is 1. The Kier molecular flexibility index (Phi) is 3.14. The van der Waals surface area contributed by atoms with E-state index in [2.05, 4.69) is 12.6 Å². The molecule has 0 bridgehead atoms. The molecule has 4 nitrogen and oxygen atoms in total. The second kappa shape index (κ2) is 3.23. The zero-order chi connectivity index (χ0) is 8.36. The van der Waals surface area contributed by atoms with Crippen LogP contribution in [0.5, 0.6) is 0 Å². The van der Waals surface area contributed by atoms with Crippen molar-refractivity contribution < 1.29 is 9.90 Å². The Balaban J connectivity index is 4.22. The van der Waals surface area contributed by atoms with Gasteiger partial charge in [-0.3, -0.25) is 4.79 Å². The molecule has 0 aromatic carbocycles. The quantitative estimate of drug-likeness (QED) is 0.412. The van der Waals surface area contributed by atoms with Crippen molar-refractivity contribution in [1.82, 2.24) is 5.48 Å². The number of aliphatic carboxylic acids is 1. The van der Waals surface area contributed by atoms with E-state index in [4.69, 9.17) is 5.11 Å². The van der Waals surface area contributed by atoms with Crippen LogP contribution in [-0.4, -0.2) is 21.9 Å². The van der Waals surface area contributed by atoms with E-state index in [1.165, 1.54) is 5.48 Å². The van der Waals surface area contributed by atoms with Crippen LogP contribution in [0.3, 0.4) is 0 Å². The van der Waals surface area contributed by atoms with Gasteiger partial charge in [0.15, 0.2) is 0 Å². The second-order valence-electron chi connectivity index (χ2n) is 2.54. The van der Waals surface area contributed by atoms with Gasteiger partial charge in [-0.1, -0.05) is 0 Å². The summed E-state index contributed by atoms with van der Waals surface area (Å²) in [6.07, 6.45) is 0. The highest BCUT2D eigenvalue weighted by molar-refractivity contribution is 7.81. The smallest absolute Gasteiger partial charge is 0.321 e. The van der Waals surface area contributed by atoms with Crippen LogP contribution in [0.2, 0.25) is 0 Å². The van der Waals surface area contributed by atoms with Crippen LogP contribution in [0.4, 0.5) is 0 Å². The number of carbonyl (C=O) groups is 1. The van der Waals surface area contributed by atoms with E-state index in [-0.39, 0.29) is 0 Å². The minimum Gasteiger partial charge on any atom is -0.787 e. The molecule has 1 atom stereocenters. The molecular formula is C5H10NO3S-. The predicted molar refractivity (Wildman–Crippen MR) is 41.0 cm³/mol. The van der Waals surface area contributed by atoms with E-state index in [9.17, 15) is 10.0 Å². The van der Waals surface area contributed by atoms with E-state index >= 15 is 0 Å². The topological polar surface area (TPSA) is 72.4 Å². The minimum atomic E-state index is -1.19. The highest BCUT2D eigenvalue weighted by Gasteiger charge is 2.28. The summed E-state index contributed by atoms with van der Waals surface area (Å²) in [4.78, 5) is 10.3. The molecule has 0 fully saturated rings. The fourth-order valence-corrected chi connectivity index (χ4v) is 0.660. The van der Waals surface area contributed by atoms with Gasteiger partial charge in [0.05, 0.1) is 0 Å². The predicted octanol–water partition coefficient (Wildman–Crippen LogP) is 0.235. The molecule has 0 aromatic rings. The van der Waals surface area contributed by atoms with Gasteiger partial charge < -0.3 is 15.8 Å². The fraction of sp³-hybridized carbons (Fsp3) is 0.800. The highest BCUT2D eigenvalue weighted by Crippen LogP contribution is 2.17. The third-order valence-electron chi connectivity index (χ3n) is 1.07. The lowest BCUT2D eigenvalue weighted by Crippen LogP contribution is -2.46. The molecule has 0 radical (unpaired) electrons. The Bertz CT molecular complexity index is 131. The number of carboxylic acid groups (broad SMARTS) is 1. The average molecular weight is 164 g/mol. The molecule has 0 saturated carbocycles. The van der Waals surface area contributed by atoms with Crippen molar-refractivity contribution in [2.45, 2.75) is 24.6 Å². The number of hydrogen-bond donors (Lipinski definition) is 3. The van der Waals surface area contributed by atoms with Gasteiger partial charge in [0, 0.05) is 4.75 Å². The molecule has 0 saturated heterocycles. The third-order valence-corrected chi connectivity index (χ3v) is 1.33. The Morgan fingerprint density at radius 1 is 1.80 bits per heavy atom. The van der Waals surface area contributed by atoms with Crippen LogP contribution < -0.4 is 5.48 Å². The molecule has 0 amide bonds. The molecule has 0 heterocycles. The van der Waals surface area contributed by atoms with Crippen molar-refractivity contribution in [1.29, 1.82) is 0 Å². The van der Waals surface area contributed by atoms with Crippen LogP contribution >= 0.6 is 12.6 Å². The fourth-order valence-electron chi connectivity index (χ4n) is 0.497. The third kappa shape index (κ3) is 2.55. The number of hydrogen-bond acceptors (Lipinski definition) is 4. The number of nitrogens with one attached hydrogen (secondary N) is 1. The summed E-state index contributed by atoms with van der Waals surface area (Å²) in [5.41, 5.74) is 1.42. The van der Waals surface area contributed by atoms with Gasteiger partial charge in [0.2, 0.25) is 0 Å². The molecule has 0 aliphatic rings. The first-order chi connectivity index (χ1) is 4.39. The summed E-state index contributed by atoms with van der Waals surface area (Å²) in [7, 11) is 0. The van der Waals surface area contributed by atoms with Crippen LogP contribution in [-0.2, 0) is 4.79 Å². The van der Waals surface area contributed by atoms with E-state index in [0.29, 0.717) is 0 Å². The number of hydroxylamine groups is 1. The Morgan fingerprint density at radius 3 is 2.20 bits per heavy atom. The van der Waals surface area contributed by atoms with Crippen molar-refractivity contribution >= 4 is 18.6 Å². The zero-order valence-electron chi connectivity index (χ0n) is 5.79. The van der Waals surface area contributed by atoms with Gasteiger partial charge in [-0.05, 0) is 13.8 Å². The molecule has 0 unspecified atom stereocenters. The lowest BCUT2D eigenvalue weighted by molar-refractivity contribution is -0.139. The van der Waals surface area contributed by atoms with Gasteiger partial charge in [-0.15, -0.1) is 0 Å². The van der Waals surface area contributed by atoms with Crippen molar-refractivity contribution in [3.63, 3.8) is 0 Å². The minimum absolute atomic E-state index is 0.840. The van der Waals surface area contributed by atoms with Crippen molar-refractivity contribution in [2.75, 3.05) is 0 Å². The summed E-state index contributed by atoms with van der Waals surface area (Å²) in [6, 6.07) is -1.16. The molecule has 60 valence electrons. The maximum atomic E-state index is 10.3. The maximum absolute atomic E-state index is 10.3. The van der Waals surface area contributed by atoms with Crippen LogP contribution in [0.25, 0.3) is 0 Å². The second-order valence-corrected chi connectivity index (χ2v) is 3.70. The lowest BCUT2D eigenvalue weighted by atomic mass is 10.0. The van der Waals surface area contributed by atoms with Gasteiger partial charge >= 0.3 is 5.97 Å². The largest absolute Gasteiger partial charge is 0.787 e. The van der Waals surface area contributed by atoms with Gasteiger partial charge in [0.1, 0.15) is 6.04 Å². The first kappa shape index (κ1) is 9.74. The Labute approximate surface area is 64.6 Å². The number of rotatable bonds is 3. The highest BCUT2D eigenvalue weighted by atomic mass is 32.1. The molecule has 0 aliphatic heterocycles. The maximum Gasteiger partial charge on any atom is 0.321 e. The molecule has 0 aromatic heterocycles. The van der Waals surface area contributed by atoms with Crippen LogP contribution in [0, 0.1) is 5.21 Å². The molecule has 2 N–H and O–H groups in total. The molecule has 0 aliphatic carbocycles. The van der Waals surface area contributed by atoms with Crippen molar-refractivity contribution in [2.24, 2.45) is 0 Å². The molecule has 5 heteroatoms. The molecular weight excluding hydrogens is 154 g/mol. The summed E-state index contributed by atoms with van der Waals surface area (Å²) in [5, 5.41) is 18.4. The summed E-state index contributed by atoms with van der Waals surface area (Å²) >= 11 is 3.93.